The maximum atomic E-state index is 7.35. The molecule has 0 aromatic heterocycles. The second kappa shape index (κ2) is 6.71. The highest BCUT2D eigenvalue weighted by molar-refractivity contribution is 5.76. The number of amidine groups is 1. The summed E-state index contributed by atoms with van der Waals surface area (Å²) in [4.78, 5) is 2.42. The number of aryl methyl sites for hydroxylation is 1. The van der Waals surface area contributed by atoms with Gasteiger partial charge in [0.25, 0.3) is 0 Å². The van der Waals surface area contributed by atoms with Crippen molar-refractivity contribution < 1.29 is 0 Å². The Labute approximate surface area is 116 Å². The molecule has 3 N–H and O–H groups in total. The molecule has 1 unspecified atom stereocenters. The molecule has 0 spiro atoms. The first-order valence-corrected chi connectivity index (χ1v) is 7.33. The van der Waals surface area contributed by atoms with E-state index < -0.39 is 0 Å². The van der Waals surface area contributed by atoms with Crippen molar-refractivity contribution in [2.75, 3.05) is 19.6 Å². The fraction of sp³-hybridized carbons (Fsp3) is 0.562. The van der Waals surface area contributed by atoms with Crippen LogP contribution in [0, 0.1) is 5.41 Å². The number of likely N-dealkylation sites (N-methyl/N-ethyl adjacent to an activating group) is 1. The lowest BCUT2D eigenvalue weighted by Gasteiger charge is -2.30. The first-order chi connectivity index (χ1) is 9.20. The van der Waals surface area contributed by atoms with Crippen LogP contribution in [0.1, 0.15) is 43.2 Å². The number of nitrogens with two attached hydrogens (primary N) is 1. The van der Waals surface area contributed by atoms with Gasteiger partial charge in [-0.05, 0) is 42.9 Å². The normalized spacial score (nSPS) is 18.3. The van der Waals surface area contributed by atoms with Crippen LogP contribution in [0.3, 0.4) is 0 Å². The molecule has 0 fully saturated rings. The summed E-state index contributed by atoms with van der Waals surface area (Å²) in [5, 5.41) is 7.35. The number of hydrogen-bond donors (Lipinski definition) is 2. The van der Waals surface area contributed by atoms with Crippen molar-refractivity contribution in [2.45, 2.75) is 38.5 Å². The van der Waals surface area contributed by atoms with Crippen molar-refractivity contribution in [3.05, 3.63) is 35.4 Å². The minimum absolute atomic E-state index is 0.294. The van der Waals surface area contributed by atoms with Crippen LogP contribution in [0.25, 0.3) is 0 Å². The number of rotatable bonds is 6. The van der Waals surface area contributed by atoms with E-state index in [9.17, 15) is 0 Å². The minimum atomic E-state index is 0.294. The minimum Gasteiger partial charge on any atom is -0.388 e. The van der Waals surface area contributed by atoms with Gasteiger partial charge < -0.3 is 10.6 Å². The van der Waals surface area contributed by atoms with Crippen LogP contribution in [-0.4, -0.2) is 30.4 Å². The third-order valence-electron chi connectivity index (χ3n) is 4.12. The summed E-state index contributed by atoms with van der Waals surface area (Å²) in [7, 11) is 0. The average molecular weight is 259 g/mol. The van der Waals surface area contributed by atoms with Gasteiger partial charge in [0.2, 0.25) is 0 Å². The van der Waals surface area contributed by atoms with E-state index in [1.54, 1.807) is 0 Å². The van der Waals surface area contributed by atoms with Gasteiger partial charge >= 0.3 is 0 Å². The van der Waals surface area contributed by atoms with Gasteiger partial charge in [-0.15, -0.1) is 0 Å². The van der Waals surface area contributed by atoms with Gasteiger partial charge in [0.05, 0.1) is 5.84 Å². The molecule has 3 heteroatoms. The predicted molar refractivity (Wildman–Crippen MR) is 80.8 cm³/mol. The van der Waals surface area contributed by atoms with Crippen molar-refractivity contribution in [3.8, 4) is 0 Å². The lowest BCUT2D eigenvalue weighted by Crippen LogP contribution is -2.32. The van der Waals surface area contributed by atoms with Crippen LogP contribution < -0.4 is 5.73 Å². The van der Waals surface area contributed by atoms with Crippen LogP contribution >= 0.6 is 0 Å². The van der Waals surface area contributed by atoms with E-state index in [0.29, 0.717) is 18.2 Å². The van der Waals surface area contributed by atoms with E-state index in [1.807, 2.05) is 0 Å². The Bertz CT molecular complexity index is 428. The molecule has 0 radical (unpaired) electrons. The fourth-order valence-electron chi connectivity index (χ4n) is 3.01. The zero-order valence-electron chi connectivity index (χ0n) is 11.9. The van der Waals surface area contributed by atoms with Gasteiger partial charge in [-0.2, -0.15) is 0 Å². The number of nitrogens with zero attached hydrogens (tertiary/aromatic N) is 1. The molecule has 104 valence electrons. The average Bonchev–Trinajstić information content (AvgIpc) is 2.43. The predicted octanol–water partition coefficient (Wildman–Crippen LogP) is 2.75. The van der Waals surface area contributed by atoms with Crippen LogP contribution in [0.2, 0.25) is 0 Å². The van der Waals surface area contributed by atoms with E-state index in [2.05, 4.69) is 36.1 Å². The molecule has 19 heavy (non-hydrogen) atoms. The summed E-state index contributed by atoms with van der Waals surface area (Å²) in [6.45, 7) is 5.23. The van der Waals surface area contributed by atoms with Crippen molar-refractivity contribution in [2.24, 2.45) is 5.73 Å². The SMILES string of the molecule is CCN(CCC(=N)N)CC1CCCc2ccccc21. The molecule has 0 saturated carbocycles. The Balaban J connectivity index is 2.00. The Morgan fingerprint density at radius 3 is 2.95 bits per heavy atom. The second-order valence-corrected chi connectivity index (χ2v) is 5.46. The summed E-state index contributed by atoms with van der Waals surface area (Å²) in [6.07, 6.45) is 4.49. The lowest BCUT2D eigenvalue weighted by atomic mass is 9.82. The van der Waals surface area contributed by atoms with E-state index >= 15 is 0 Å². The molecule has 0 aliphatic heterocycles. The molecule has 1 atom stereocenters. The molecule has 1 aliphatic rings. The molecule has 1 aliphatic carbocycles. The monoisotopic (exact) mass is 259 g/mol. The van der Waals surface area contributed by atoms with Crippen LogP contribution in [-0.2, 0) is 6.42 Å². The number of fused-ring (bicyclic) bond motifs is 1. The fourth-order valence-corrected chi connectivity index (χ4v) is 3.01. The molecule has 0 saturated heterocycles. The Hall–Kier alpha value is -1.35. The highest BCUT2D eigenvalue weighted by Gasteiger charge is 2.21. The Morgan fingerprint density at radius 2 is 2.21 bits per heavy atom. The van der Waals surface area contributed by atoms with Gasteiger partial charge in [-0.1, -0.05) is 31.2 Å². The molecule has 1 aromatic rings. The quantitative estimate of drug-likeness (QED) is 0.609. The first kappa shape index (κ1) is 14.1. The largest absolute Gasteiger partial charge is 0.388 e. The maximum absolute atomic E-state index is 7.35. The summed E-state index contributed by atoms with van der Waals surface area (Å²) in [6, 6.07) is 8.86. The molecular weight excluding hydrogens is 234 g/mol. The van der Waals surface area contributed by atoms with Crippen molar-refractivity contribution in [3.63, 3.8) is 0 Å². The summed E-state index contributed by atoms with van der Waals surface area (Å²) >= 11 is 0. The first-order valence-electron chi connectivity index (χ1n) is 7.33. The van der Waals surface area contributed by atoms with Crippen LogP contribution in [0.4, 0.5) is 0 Å². The topological polar surface area (TPSA) is 53.1 Å². The Kier molecular flexibility index (Phi) is 4.97. The zero-order valence-corrected chi connectivity index (χ0v) is 11.9. The molecule has 1 aromatic carbocycles. The van der Waals surface area contributed by atoms with Crippen molar-refractivity contribution in [1.82, 2.24) is 4.90 Å². The summed E-state index contributed by atoms with van der Waals surface area (Å²) < 4.78 is 0. The van der Waals surface area contributed by atoms with Crippen LogP contribution in [0.5, 0.6) is 0 Å². The van der Waals surface area contributed by atoms with Gasteiger partial charge in [-0.3, -0.25) is 5.41 Å². The van der Waals surface area contributed by atoms with Crippen molar-refractivity contribution >= 4 is 5.84 Å². The third-order valence-corrected chi connectivity index (χ3v) is 4.12. The Morgan fingerprint density at radius 1 is 1.42 bits per heavy atom. The van der Waals surface area contributed by atoms with Gasteiger partial charge in [0.1, 0.15) is 0 Å². The molecule has 0 bridgehead atoms. The van der Waals surface area contributed by atoms with E-state index in [4.69, 9.17) is 11.1 Å². The smallest absolute Gasteiger partial charge is 0.0918 e. The van der Waals surface area contributed by atoms with Gasteiger partial charge in [0, 0.05) is 19.5 Å². The van der Waals surface area contributed by atoms with Crippen molar-refractivity contribution in [1.29, 1.82) is 5.41 Å². The molecule has 2 rings (SSSR count). The number of hydrogen-bond acceptors (Lipinski definition) is 2. The van der Waals surface area contributed by atoms with E-state index in [1.165, 1.54) is 30.4 Å². The lowest BCUT2D eigenvalue weighted by molar-refractivity contribution is 0.266. The zero-order chi connectivity index (χ0) is 13.7. The number of benzene rings is 1. The highest BCUT2D eigenvalue weighted by Crippen LogP contribution is 2.31. The second-order valence-electron chi connectivity index (χ2n) is 5.46. The number of nitrogens with one attached hydrogen (secondary N) is 1. The van der Waals surface area contributed by atoms with E-state index in [-0.39, 0.29) is 0 Å². The van der Waals surface area contributed by atoms with Gasteiger partial charge in [-0.25, -0.2) is 0 Å². The van der Waals surface area contributed by atoms with E-state index in [0.717, 1.165) is 19.6 Å². The molecule has 3 nitrogen and oxygen atoms in total. The highest BCUT2D eigenvalue weighted by atomic mass is 15.1. The van der Waals surface area contributed by atoms with Crippen LogP contribution in [0.15, 0.2) is 24.3 Å². The third kappa shape index (κ3) is 3.80. The molecular formula is C16H25N3. The maximum Gasteiger partial charge on any atom is 0.0918 e. The standard InChI is InChI=1S/C16H25N3/c1-2-19(11-10-16(17)18)12-14-8-5-7-13-6-3-4-9-15(13)14/h3-4,6,9,14H,2,5,7-8,10-12H2,1H3,(H3,17,18). The van der Waals surface area contributed by atoms with Gasteiger partial charge in [0.15, 0.2) is 0 Å². The molecule has 0 amide bonds. The summed E-state index contributed by atoms with van der Waals surface area (Å²) in [5.41, 5.74) is 8.53. The summed E-state index contributed by atoms with van der Waals surface area (Å²) in [5.74, 6) is 0.944. The molecule has 0 heterocycles.